The van der Waals surface area contributed by atoms with Gasteiger partial charge in [0.1, 0.15) is 6.42 Å². The van der Waals surface area contributed by atoms with Crippen molar-refractivity contribution in [3.05, 3.63) is 0 Å². The molecule has 0 radical (unpaired) electrons. The third-order valence-electron chi connectivity index (χ3n) is 4.20. The molecule has 2 rings (SSSR count). The van der Waals surface area contributed by atoms with Crippen molar-refractivity contribution < 1.29 is 9.59 Å². The van der Waals surface area contributed by atoms with Crippen LogP contribution in [-0.4, -0.2) is 60.4 Å². The topological polar surface area (TPSA) is 52.7 Å². The van der Waals surface area contributed by atoms with E-state index in [1.54, 1.807) is 0 Å². The maximum Gasteiger partial charge on any atom is 0.232 e. The van der Waals surface area contributed by atoms with Gasteiger partial charge in [-0.3, -0.25) is 9.59 Å². The van der Waals surface area contributed by atoms with Crippen LogP contribution in [0.2, 0.25) is 0 Å². The molecule has 2 amide bonds. The van der Waals surface area contributed by atoms with Crippen molar-refractivity contribution in [3.8, 4) is 0 Å². The predicted molar refractivity (Wildman–Crippen MR) is 73.7 cm³/mol. The lowest BCUT2D eigenvalue weighted by Gasteiger charge is -2.34. The Labute approximate surface area is 115 Å². The Kier molecular flexibility index (Phi) is 5.19. The van der Waals surface area contributed by atoms with E-state index in [9.17, 15) is 9.59 Å². The minimum absolute atomic E-state index is 0.0165. The number of nitrogens with zero attached hydrogens (tertiary/aromatic N) is 2. The minimum atomic E-state index is -0.102. The summed E-state index contributed by atoms with van der Waals surface area (Å²) in [7, 11) is 0. The third kappa shape index (κ3) is 4.20. The molecule has 0 unspecified atom stereocenters. The predicted octanol–water partition coefficient (Wildman–Crippen LogP) is 0.599. The molecule has 0 aromatic rings. The fourth-order valence-corrected chi connectivity index (χ4v) is 2.91. The zero-order valence-corrected chi connectivity index (χ0v) is 11.9. The van der Waals surface area contributed by atoms with E-state index in [0.717, 1.165) is 45.6 Å². The summed E-state index contributed by atoms with van der Waals surface area (Å²) in [5.41, 5.74) is 0. The standard InChI is InChI=1S/C14H25N3O2/c1-2-16-7-9-17(10-8-16)14(19)11-13(18)15-12-5-3-4-6-12/h12H,2-11H2,1H3,(H,15,18). The largest absolute Gasteiger partial charge is 0.353 e. The van der Waals surface area contributed by atoms with Crippen LogP contribution in [0.3, 0.4) is 0 Å². The maximum atomic E-state index is 12.0. The number of carbonyl (C=O) groups excluding carboxylic acids is 2. The molecule has 108 valence electrons. The first-order valence-electron chi connectivity index (χ1n) is 7.48. The number of nitrogens with one attached hydrogen (secondary N) is 1. The zero-order chi connectivity index (χ0) is 13.7. The third-order valence-corrected chi connectivity index (χ3v) is 4.20. The Morgan fingerprint density at radius 2 is 1.74 bits per heavy atom. The van der Waals surface area contributed by atoms with Crippen LogP contribution >= 0.6 is 0 Å². The first-order chi connectivity index (χ1) is 9.19. The van der Waals surface area contributed by atoms with Gasteiger partial charge in [0.2, 0.25) is 11.8 Å². The second-order valence-electron chi connectivity index (χ2n) is 5.54. The molecule has 1 saturated heterocycles. The average molecular weight is 267 g/mol. The van der Waals surface area contributed by atoms with E-state index in [-0.39, 0.29) is 18.2 Å². The van der Waals surface area contributed by atoms with Crippen LogP contribution in [0.1, 0.15) is 39.0 Å². The number of hydrogen-bond acceptors (Lipinski definition) is 3. The number of likely N-dealkylation sites (N-methyl/N-ethyl adjacent to an activating group) is 1. The molecule has 2 fully saturated rings. The van der Waals surface area contributed by atoms with E-state index in [1.165, 1.54) is 12.8 Å². The van der Waals surface area contributed by atoms with Gasteiger partial charge in [-0.05, 0) is 19.4 Å². The highest BCUT2D eigenvalue weighted by molar-refractivity contribution is 5.97. The van der Waals surface area contributed by atoms with Gasteiger partial charge in [-0.15, -0.1) is 0 Å². The highest BCUT2D eigenvalue weighted by Gasteiger charge is 2.23. The highest BCUT2D eigenvalue weighted by atomic mass is 16.2. The quantitative estimate of drug-likeness (QED) is 0.759. The molecule has 19 heavy (non-hydrogen) atoms. The van der Waals surface area contributed by atoms with Gasteiger partial charge in [0.15, 0.2) is 0 Å². The molecule has 0 aromatic carbocycles. The second kappa shape index (κ2) is 6.89. The van der Waals surface area contributed by atoms with E-state index >= 15 is 0 Å². The first kappa shape index (κ1) is 14.3. The van der Waals surface area contributed by atoms with Gasteiger partial charge >= 0.3 is 0 Å². The Hall–Kier alpha value is -1.10. The summed E-state index contributed by atoms with van der Waals surface area (Å²) in [5.74, 6) is -0.124. The van der Waals surface area contributed by atoms with Gasteiger partial charge in [0.25, 0.3) is 0 Å². The van der Waals surface area contributed by atoms with Crippen LogP contribution in [0.25, 0.3) is 0 Å². The van der Waals surface area contributed by atoms with E-state index in [0.29, 0.717) is 6.04 Å². The lowest BCUT2D eigenvalue weighted by Crippen LogP contribution is -2.49. The van der Waals surface area contributed by atoms with Crippen molar-refractivity contribution in [1.29, 1.82) is 0 Å². The van der Waals surface area contributed by atoms with Gasteiger partial charge in [0, 0.05) is 32.2 Å². The van der Waals surface area contributed by atoms with Crippen molar-refractivity contribution >= 4 is 11.8 Å². The van der Waals surface area contributed by atoms with Crippen LogP contribution in [0.5, 0.6) is 0 Å². The Bertz CT molecular complexity index is 319. The summed E-state index contributed by atoms with van der Waals surface area (Å²) in [6.07, 6.45) is 4.53. The van der Waals surface area contributed by atoms with Gasteiger partial charge < -0.3 is 15.1 Å². The molecule has 0 aromatic heterocycles. The van der Waals surface area contributed by atoms with Crippen LogP contribution < -0.4 is 5.32 Å². The summed E-state index contributed by atoms with van der Waals surface area (Å²) < 4.78 is 0. The van der Waals surface area contributed by atoms with E-state index < -0.39 is 0 Å². The van der Waals surface area contributed by atoms with Crippen LogP contribution in [-0.2, 0) is 9.59 Å². The highest BCUT2D eigenvalue weighted by Crippen LogP contribution is 2.17. The smallest absolute Gasteiger partial charge is 0.232 e. The summed E-state index contributed by atoms with van der Waals surface area (Å²) in [6.45, 7) is 6.52. The van der Waals surface area contributed by atoms with Crippen LogP contribution in [0, 0.1) is 0 Å². The maximum absolute atomic E-state index is 12.0. The molecular weight excluding hydrogens is 242 g/mol. The molecule has 1 N–H and O–H groups in total. The summed E-state index contributed by atoms with van der Waals surface area (Å²) >= 11 is 0. The van der Waals surface area contributed by atoms with Crippen LogP contribution in [0.15, 0.2) is 0 Å². The molecule has 5 heteroatoms. The molecule has 2 aliphatic rings. The fourth-order valence-electron chi connectivity index (χ4n) is 2.91. The zero-order valence-electron chi connectivity index (χ0n) is 11.9. The van der Waals surface area contributed by atoms with Gasteiger partial charge in [-0.25, -0.2) is 0 Å². The number of amides is 2. The second-order valence-corrected chi connectivity index (χ2v) is 5.54. The number of hydrogen-bond donors (Lipinski definition) is 1. The van der Waals surface area contributed by atoms with Crippen molar-refractivity contribution in [2.24, 2.45) is 0 Å². The molecule has 1 aliphatic carbocycles. The lowest BCUT2D eigenvalue weighted by molar-refractivity contribution is -0.137. The van der Waals surface area contributed by atoms with Crippen molar-refractivity contribution in [2.75, 3.05) is 32.7 Å². The lowest BCUT2D eigenvalue weighted by atomic mass is 10.2. The van der Waals surface area contributed by atoms with E-state index in [2.05, 4.69) is 17.1 Å². The Balaban J connectivity index is 1.70. The summed E-state index contributed by atoms with van der Waals surface area (Å²) in [5, 5.41) is 2.97. The average Bonchev–Trinajstić information content (AvgIpc) is 2.91. The minimum Gasteiger partial charge on any atom is -0.353 e. The molecule has 0 atom stereocenters. The monoisotopic (exact) mass is 267 g/mol. The van der Waals surface area contributed by atoms with E-state index in [1.807, 2.05) is 4.90 Å². The van der Waals surface area contributed by atoms with Gasteiger partial charge in [-0.2, -0.15) is 0 Å². The Morgan fingerprint density at radius 1 is 1.11 bits per heavy atom. The Morgan fingerprint density at radius 3 is 2.32 bits per heavy atom. The van der Waals surface area contributed by atoms with Crippen molar-refractivity contribution in [2.45, 2.75) is 45.1 Å². The molecule has 0 spiro atoms. The van der Waals surface area contributed by atoms with Crippen molar-refractivity contribution in [1.82, 2.24) is 15.1 Å². The SMILES string of the molecule is CCN1CCN(C(=O)CC(=O)NC2CCCC2)CC1. The van der Waals surface area contributed by atoms with Crippen molar-refractivity contribution in [3.63, 3.8) is 0 Å². The summed E-state index contributed by atoms with van der Waals surface area (Å²) in [4.78, 5) is 28.0. The molecular formula is C14H25N3O2. The normalized spacial score (nSPS) is 21.6. The first-order valence-corrected chi connectivity index (χ1v) is 7.48. The molecule has 1 saturated carbocycles. The van der Waals surface area contributed by atoms with Gasteiger partial charge in [0.05, 0.1) is 0 Å². The molecule has 1 aliphatic heterocycles. The van der Waals surface area contributed by atoms with Gasteiger partial charge in [-0.1, -0.05) is 19.8 Å². The molecule has 5 nitrogen and oxygen atoms in total. The molecule has 0 bridgehead atoms. The molecule has 1 heterocycles. The number of carbonyl (C=O) groups is 2. The number of piperazine rings is 1. The van der Waals surface area contributed by atoms with Crippen LogP contribution in [0.4, 0.5) is 0 Å². The fraction of sp³-hybridized carbons (Fsp3) is 0.857. The summed E-state index contributed by atoms with van der Waals surface area (Å²) in [6, 6.07) is 0.303. The van der Waals surface area contributed by atoms with E-state index in [4.69, 9.17) is 0 Å². The number of rotatable bonds is 4.